The van der Waals surface area contributed by atoms with Crippen molar-refractivity contribution in [1.29, 1.82) is 0 Å². The number of nitrogen functional groups attached to an aromatic ring is 1. The molecule has 0 radical (unpaired) electrons. The van der Waals surface area contributed by atoms with Crippen LogP contribution in [0.15, 0.2) is 72.8 Å². The van der Waals surface area contributed by atoms with Crippen LogP contribution in [0.25, 0.3) is 11.1 Å². The van der Waals surface area contributed by atoms with Gasteiger partial charge in [-0.3, -0.25) is 9.59 Å². The van der Waals surface area contributed by atoms with E-state index in [0.29, 0.717) is 17.7 Å². The number of rotatable bonds is 7. The van der Waals surface area contributed by atoms with Crippen molar-refractivity contribution >= 4 is 18.1 Å². The molecule has 148 valence electrons. The van der Waals surface area contributed by atoms with Crippen molar-refractivity contribution in [3.05, 3.63) is 83.9 Å². The number of nitrogens with two attached hydrogens (primary N) is 1. The number of hydrogen-bond acceptors (Lipinski definition) is 5. The van der Waals surface area contributed by atoms with E-state index in [9.17, 15) is 14.7 Å². The maximum absolute atomic E-state index is 12.6. The lowest BCUT2D eigenvalue weighted by Gasteiger charge is -2.26. The lowest BCUT2D eigenvalue weighted by atomic mass is 9.85. The average molecular weight is 390 g/mol. The minimum Gasteiger partial charge on any atom is -0.508 e. The van der Waals surface area contributed by atoms with Gasteiger partial charge in [0.2, 0.25) is 6.41 Å². The summed E-state index contributed by atoms with van der Waals surface area (Å²) in [6, 6.07) is 21.1. The predicted molar refractivity (Wildman–Crippen MR) is 111 cm³/mol. The van der Waals surface area contributed by atoms with Crippen molar-refractivity contribution in [3.8, 4) is 16.9 Å². The van der Waals surface area contributed by atoms with E-state index >= 15 is 0 Å². The van der Waals surface area contributed by atoms with Crippen LogP contribution in [0.4, 0.5) is 5.69 Å². The number of methoxy groups -OCH3 is 1. The van der Waals surface area contributed by atoms with Gasteiger partial charge in [0.15, 0.2) is 0 Å². The zero-order valence-corrected chi connectivity index (χ0v) is 15.9. The van der Waals surface area contributed by atoms with Crippen molar-refractivity contribution in [1.82, 2.24) is 5.32 Å². The molecule has 1 amide bonds. The number of carbonyl (C=O) groups is 2. The largest absolute Gasteiger partial charge is 0.508 e. The molecule has 6 heteroatoms. The molecule has 1 unspecified atom stereocenters. The van der Waals surface area contributed by atoms with Crippen LogP contribution < -0.4 is 11.1 Å². The minimum atomic E-state index is -0.976. The number of benzene rings is 3. The Morgan fingerprint density at radius 3 is 2.31 bits per heavy atom. The van der Waals surface area contributed by atoms with Crippen LogP contribution in [-0.4, -0.2) is 24.6 Å². The van der Waals surface area contributed by atoms with Crippen LogP contribution in [0.3, 0.4) is 0 Å². The monoisotopic (exact) mass is 390 g/mol. The highest BCUT2D eigenvalue weighted by Gasteiger charge is 2.34. The molecule has 6 nitrogen and oxygen atoms in total. The van der Waals surface area contributed by atoms with E-state index in [1.54, 1.807) is 0 Å². The standard InChI is InChI=1S/C23H22N2O4/c1-29-23(28)21(19-13-18(24)11-12-20(19)27)22(25-14-26)17-9-7-16(8-10-17)15-5-3-2-4-6-15/h2-14,21-22,27H,24H2,1H3,(H,25,26)/t21-,22?/m0/s1. The molecule has 29 heavy (non-hydrogen) atoms. The van der Waals surface area contributed by atoms with E-state index in [2.05, 4.69) is 5.32 Å². The molecule has 3 aromatic carbocycles. The molecule has 2 atom stereocenters. The summed E-state index contributed by atoms with van der Waals surface area (Å²) in [5.74, 6) is -1.68. The van der Waals surface area contributed by atoms with Gasteiger partial charge >= 0.3 is 5.97 Å². The molecule has 0 spiro atoms. The van der Waals surface area contributed by atoms with Gasteiger partial charge in [-0.25, -0.2) is 0 Å². The molecule has 0 aliphatic carbocycles. The van der Waals surface area contributed by atoms with Gasteiger partial charge in [0.25, 0.3) is 0 Å². The molecule has 0 aliphatic heterocycles. The van der Waals surface area contributed by atoms with Crippen LogP contribution in [0, 0.1) is 0 Å². The number of anilines is 1. The first kappa shape index (κ1) is 19.9. The number of esters is 1. The van der Waals surface area contributed by atoms with Crippen molar-refractivity contribution in [3.63, 3.8) is 0 Å². The Morgan fingerprint density at radius 1 is 1.03 bits per heavy atom. The van der Waals surface area contributed by atoms with Crippen molar-refractivity contribution in [2.75, 3.05) is 12.8 Å². The Morgan fingerprint density at radius 2 is 1.69 bits per heavy atom. The third-order valence-corrected chi connectivity index (χ3v) is 4.80. The summed E-state index contributed by atoms with van der Waals surface area (Å²) in [7, 11) is 1.26. The first-order valence-corrected chi connectivity index (χ1v) is 9.06. The third-order valence-electron chi connectivity index (χ3n) is 4.80. The molecule has 0 saturated carbocycles. The van der Waals surface area contributed by atoms with Crippen LogP contribution in [0.2, 0.25) is 0 Å². The zero-order chi connectivity index (χ0) is 20.8. The molecule has 0 aromatic heterocycles. The van der Waals surface area contributed by atoms with Gasteiger partial charge in [0, 0.05) is 11.3 Å². The Kier molecular flexibility index (Phi) is 6.14. The predicted octanol–water partition coefficient (Wildman–Crippen LogP) is 3.39. The van der Waals surface area contributed by atoms with E-state index in [1.165, 1.54) is 25.3 Å². The quantitative estimate of drug-likeness (QED) is 0.248. The molecule has 4 N–H and O–H groups in total. The second-order valence-electron chi connectivity index (χ2n) is 6.57. The van der Waals surface area contributed by atoms with Gasteiger partial charge in [-0.15, -0.1) is 0 Å². The number of phenols is 1. The number of phenolic OH excluding ortho intramolecular Hbond substituents is 1. The molecular weight excluding hydrogens is 368 g/mol. The molecule has 0 bridgehead atoms. The second kappa shape index (κ2) is 8.93. The van der Waals surface area contributed by atoms with Gasteiger partial charge < -0.3 is 20.9 Å². The number of hydrogen-bond donors (Lipinski definition) is 3. The fraction of sp³-hybridized carbons (Fsp3) is 0.130. The summed E-state index contributed by atoms with van der Waals surface area (Å²) in [5, 5.41) is 13.0. The smallest absolute Gasteiger partial charge is 0.315 e. The Hall–Kier alpha value is -3.80. The van der Waals surface area contributed by atoms with Crippen LogP contribution in [0.1, 0.15) is 23.1 Å². The van der Waals surface area contributed by atoms with Gasteiger partial charge in [-0.05, 0) is 34.9 Å². The highest BCUT2D eigenvalue weighted by molar-refractivity contribution is 5.81. The number of carbonyl (C=O) groups excluding carboxylic acids is 2. The number of aromatic hydroxyl groups is 1. The Labute approximate surface area is 168 Å². The normalized spacial score (nSPS) is 12.6. The first-order valence-electron chi connectivity index (χ1n) is 9.06. The topological polar surface area (TPSA) is 102 Å². The van der Waals surface area contributed by atoms with E-state index < -0.39 is 17.9 Å². The molecule has 0 heterocycles. The lowest BCUT2D eigenvalue weighted by molar-refractivity contribution is -0.143. The van der Waals surface area contributed by atoms with E-state index in [-0.39, 0.29) is 11.3 Å². The second-order valence-corrected chi connectivity index (χ2v) is 6.57. The highest BCUT2D eigenvalue weighted by atomic mass is 16.5. The third kappa shape index (κ3) is 4.38. The molecule has 3 rings (SSSR count). The van der Waals surface area contributed by atoms with Crippen LogP contribution >= 0.6 is 0 Å². The van der Waals surface area contributed by atoms with Crippen molar-refractivity contribution in [2.45, 2.75) is 12.0 Å². The molecule has 0 saturated heterocycles. The summed E-state index contributed by atoms with van der Waals surface area (Å²) in [4.78, 5) is 23.9. The molecule has 0 aliphatic rings. The van der Waals surface area contributed by atoms with Gasteiger partial charge in [0.1, 0.15) is 11.7 Å². The summed E-state index contributed by atoms with van der Waals surface area (Å²) in [5.41, 5.74) is 9.26. The van der Waals surface area contributed by atoms with Crippen LogP contribution in [-0.2, 0) is 14.3 Å². The maximum atomic E-state index is 12.6. The van der Waals surface area contributed by atoms with Gasteiger partial charge in [-0.2, -0.15) is 0 Å². The van der Waals surface area contributed by atoms with E-state index in [0.717, 1.165) is 11.1 Å². The Bertz CT molecular complexity index is 988. The fourth-order valence-corrected chi connectivity index (χ4v) is 3.36. The summed E-state index contributed by atoms with van der Waals surface area (Å²) in [6.07, 6.45) is 0.523. The van der Waals surface area contributed by atoms with E-state index in [4.69, 9.17) is 10.5 Å². The number of amides is 1. The number of nitrogens with one attached hydrogen (secondary N) is 1. The lowest BCUT2D eigenvalue weighted by Crippen LogP contribution is -2.31. The Balaban J connectivity index is 2.04. The minimum absolute atomic E-state index is 0.104. The summed E-state index contributed by atoms with van der Waals surface area (Å²) < 4.78 is 4.96. The molecular formula is C23H22N2O4. The number of ether oxygens (including phenoxy) is 1. The molecule has 3 aromatic rings. The van der Waals surface area contributed by atoms with Crippen LogP contribution in [0.5, 0.6) is 5.75 Å². The first-order chi connectivity index (χ1) is 14.0. The molecule has 0 fully saturated rings. The van der Waals surface area contributed by atoms with Gasteiger partial charge in [-0.1, -0.05) is 54.6 Å². The van der Waals surface area contributed by atoms with Gasteiger partial charge in [0.05, 0.1) is 13.2 Å². The highest BCUT2D eigenvalue weighted by Crippen LogP contribution is 2.38. The summed E-state index contributed by atoms with van der Waals surface area (Å²) in [6.45, 7) is 0. The average Bonchev–Trinajstić information content (AvgIpc) is 2.76. The zero-order valence-electron chi connectivity index (χ0n) is 15.9. The summed E-state index contributed by atoms with van der Waals surface area (Å²) >= 11 is 0. The maximum Gasteiger partial charge on any atom is 0.315 e. The van der Waals surface area contributed by atoms with Crippen molar-refractivity contribution in [2.24, 2.45) is 0 Å². The van der Waals surface area contributed by atoms with E-state index in [1.807, 2.05) is 54.6 Å². The fourth-order valence-electron chi connectivity index (χ4n) is 3.36. The van der Waals surface area contributed by atoms with Crippen molar-refractivity contribution < 1.29 is 19.4 Å². The SMILES string of the molecule is COC(=O)[C@@H](c1cc(N)ccc1O)C(NC=O)c1ccc(-c2ccccc2)cc1.